The Morgan fingerprint density at radius 1 is 1.53 bits per heavy atom. The molecule has 0 aliphatic rings. The van der Waals surface area contributed by atoms with Gasteiger partial charge in [0.15, 0.2) is 0 Å². The van der Waals surface area contributed by atoms with E-state index in [1.54, 1.807) is 23.1 Å². The lowest BCUT2D eigenvalue weighted by atomic mass is 10.2. The van der Waals surface area contributed by atoms with Crippen molar-refractivity contribution in [2.45, 2.75) is 31.8 Å². The Labute approximate surface area is 123 Å². The predicted octanol–water partition coefficient (Wildman–Crippen LogP) is 2.61. The molecule has 0 saturated heterocycles. The number of hydrogen-bond acceptors (Lipinski definition) is 4. The van der Waals surface area contributed by atoms with Crippen molar-refractivity contribution in [3.05, 3.63) is 22.4 Å². The molecular weight excluding hydrogens is 280 g/mol. The third-order valence-corrected chi connectivity index (χ3v) is 4.50. The molecule has 1 heterocycles. The molecule has 6 heteroatoms. The fourth-order valence-electron chi connectivity index (χ4n) is 1.80. The standard InChI is InChI=1S/C13H22N2O2S2/c1-3-11(12-5-4-8-19-12)15-13(17)14-10(6-7-16)9-18-2/h4-5,8,10-11,16H,3,6-7,9H2,1-2H3,(H2,14,15,17). The van der Waals surface area contributed by atoms with Crippen LogP contribution in [-0.4, -0.2) is 35.8 Å². The summed E-state index contributed by atoms with van der Waals surface area (Å²) in [5, 5.41) is 16.9. The molecule has 108 valence electrons. The summed E-state index contributed by atoms with van der Waals surface area (Å²) in [5.41, 5.74) is 0. The zero-order valence-corrected chi connectivity index (χ0v) is 13.0. The summed E-state index contributed by atoms with van der Waals surface area (Å²) in [4.78, 5) is 13.1. The molecule has 4 nitrogen and oxygen atoms in total. The molecular formula is C13H22N2O2S2. The second kappa shape index (κ2) is 9.23. The van der Waals surface area contributed by atoms with E-state index < -0.39 is 0 Å². The summed E-state index contributed by atoms with van der Waals surface area (Å²) in [6.07, 6.45) is 3.44. The van der Waals surface area contributed by atoms with E-state index in [1.807, 2.05) is 23.8 Å². The van der Waals surface area contributed by atoms with Crippen LogP contribution in [0.3, 0.4) is 0 Å². The lowest BCUT2D eigenvalue weighted by Gasteiger charge is -2.20. The Bertz CT molecular complexity index is 352. The highest BCUT2D eigenvalue weighted by Gasteiger charge is 2.16. The van der Waals surface area contributed by atoms with Crippen molar-refractivity contribution in [2.75, 3.05) is 18.6 Å². The maximum absolute atomic E-state index is 12.0. The lowest BCUT2D eigenvalue weighted by molar-refractivity contribution is 0.228. The number of amides is 2. The van der Waals surface area contributed by atoms with Crippen molar-refractivity contribution in [1.29, 1.82) is 0 Å². The van der Waals surface area contributed by atoms with Gasteiger partial charge in [-0.25, -0.2) is 4.79 Å². The first kappa shape index (κ1) is 16.3. The van der Waals surface area contributed by atoms with Gasteiger partial charge in [-0.15, -0.1) is 11.3 Å². The Morgan fingerprint density at radius 3 is 2.84 bits per heavy atom. The highest BCUT2D eigenvalue weighted by molar-refractivity contribution is 7.98. The number of aliphatic hydroxyl groups is 1. The fourth-order valence-corrected chi connectivity index (χ4v) is 3.32. The fraction of sp³-hybridized carbons (Fsp3) is 0.615. The first-order valence-corrected chi connectivity index (χ1v) is 8.68. The molecule has 0 radical (unpaired) electrons. The van der Waals surface area contributed by atoms with E-state index >= 15 is 0 Å². The van der Waals surface area contributed by atoms with Crippen LogP contribution in [0.1, 0.15) is 30.7 Å². The largest absolute Gasteiger partial charge is 0.396 e. The van der Waals surface area contributed by atoms with Gasteiger partial charge in [-0.3, -0.25) is 0 Å². The Hall–Kier alpha value is -0.720. The van der Waals surface area contributed by atoms with Crippen molar-refractivity contribution in [2.24, 2.45) is 0 Å². The van der Waals surface area contributed by atoms with E-state index in [4.69, 9.17) is 5.11 Å². The van der Waals surface area contributed by atoms with Crippen LogP contribution in [0.4, 0.5) is 4.79 Å². The van der Waals surface area contributed by atoms with Crippen LogP contribution in [0.2, 0.25) is 0 Å². The summed E-state index contributed by atoms with van der Waals surface area (Å²) < 4.78 is 0. The molecule has 1 aromatic heterocycles. The Kier molecular flexibility index (Phi) is 7.93. The van der Waals surface area contributed by atoms with Gasteiger partial charge in [-0.2, -0.15) is 11.8 Å². The molecule has 0 aliphatic carbocycles. The highest BCUT2D eigenvalue weighted by Crippen LogP contribution is 2.21. The highest BCUT2D eigenvalue weighted by atomic mass is 32.2. The summed E-state index contributed by atoms with van der Waals surface area (Å²) in [5.74, 6) is 0.809. The number of thiophene rings is 1. The summed E-state index contributed by atoms with van der Waals surface area (Å²) in [6.45, 7) is 2.14. The van der Waals surface area contributed by atoms with Crippen molar-refractivity contribution in [3.63, 3.8) is 0 Å². The van der Waals surface area contributed by atoms with E-state index in [0.717, 1.165) is 12.2 Å². The maximum Gasteiger partial charge on any atom is 0.315 e. The van der Waals surface area contributed by atoms with Crippen molar-refractivity contribution < 1.29 is 9.90 Å². The number of nitrogens with one attached hydrogen (secondary N) is 2. The minimum Gasteiger partial charge on any atom is -0.396 e. The average molecular weight is 302 g/mol. The van der Waals surface area contributed by atoms with Gasteiger partial charge in [0.05, 0.1) is 6.04 Å². The summed E-state index contributed by atoms with van der Waals surface area (Å²) in [6, 6.07) is 3.94. The van der Waals surface area contributed by atoms with Crippen molar-refractivity contribution in [3.8, 4) is 0 Å². The monoisotopic (exact) mass is 302 g/mol. The molecule has 0 bridgehead atoms. The van der Waals surface area contributed by atoms with Crippen LogP contribution in [0.5, 0.6) is 0 Å². The van der Waals surface area contributed by atoms with Crippen LogP contribution < -0.4 is 10.6 Å². The molecule has 2 atom stereocenters. The summed E-state index contributed by atoms with van der Waals surface area (Å²) in [7, 11) is 0. The van der Waals surface area contributed by atoms with E-state index in [0.29, 0.717) is 6.42 Å². The number of urea groups is 1. The van der Waals surface area contributed by atoms with Crippen molar-refractivity contribution in [1.82, 2.24) is 10.6 Å². The quantitative estimate of drug-likeness (QED) is 0.692. The maximum atomic E-state index is 12.0. The number of carbonyl (C=O) groups excluding carboxylic acids is 1. The number of rotatable bonds is 8. The topological polar surface area (TPSA) is 61.4 Å². The Balaban J connectivity index is 2.48. The van der Waals surface area contributed by atoms with Gasteiger partial charge in [0, 0.05) is 23.3 Å². The average Bonchev–Trinajstić information content (AvgIpc) is 2.90. The first-order chi connectivity index (χ1) is 9.21. The molecule has 3 N–H and O–H groups in total. The van der Waals surface area contributed by atoms with Gasteiger partial charge < -0.3 is 15.7 Å². The minimum absolute atomic E-state index is 0.0147. The number of carbonyl (C=O) groups is 1. The molecule has 0 aliphatic heterocycles. The number of aliphatic hydroxyl groups excluding tert-OH is 1. The van der Waals surface area contributed by atoms with E-state index in [-0.39, 0.29) is 24.7 Å². The molecule has 0 aromatic carbocycles. The van der Waals surface area contributed by atoms with Crippen molar-refractivity contribution >= 4 is 29.1 Å². The molecule has 19 heavy (non-hydrogen) atoms. The minimum atomic E-state index is -0.159. The van der Waals surface area contributed by atoms with Crippen LogP contribution in [0, 0.1) is 0 Å². The number of hydrogen-bond donors (Lipinski definition) is 3. The van der Waals surface area contributed by atoms with Gasteiger partial charge in [-0.1, -0.05) is 13.0 Å². The lowest BCUT2D eigenvalue weighted by Crippen LogP contribution is -2.44. The molecule has 2 unspecified atom stereocenters. The van der Waals surface area contributed by atoms with Gasteiger partial charge in [0.25, 0.3) is 0 Å². The van der Waals surface area contributed by atoms with Gasteiger partial charge in [0.1, 0.15) is 0 Å². The van der Waals surface area contributed by atoms with Crippen LogP contribution in [0.15, 0.2) is 17.5 Å². The zero-order valence-electron chi connectivity index (χ0n) is 11.4. The number of thioether (sulfide) groups is 1. The van der Waals surface area contributed by atoms with E-state index in [1.165, 1.54) is 4.88 Å². The van der Waals surface area contributed by atoms with Gasteiger partial charge in [-0.05, 0) is 30.5 Å². The molecule has 0 saturated carbocycles. The van der Waals surface area contributed by atoms with Gasteiger partial charge >= 0.3 is 6.03 Å². The SMILES string of the molecule is CCC(NC(=O)NC(CCO)CSC)c1cccs1. The van der Waals surface area contributed by atoms with Crippen LogP contribution in [0.25, 0.3) is 0 Å². The molecule has 1 aromatic rings. The predicted molar refractivity (Wildman–Crippen MR) is 82.9 cm³/mol. The van der Waals surface area contributed by atoms with E-state index in [2.05, 4.69) is 17.6 Å². The molecule has 0 fully saturated rings. The second-order valence-corrected chi connectivity index (χ2v) is 6.15. The molecule has 2 amide bonds. The Morgan fingerprint density at radius 2 is 2.32 bits per heavy atom. The van der Waals surface area contributed by atoms with Crippen LogP contribution in [-0.2, 0) is 0 Å². The van der Waals surface area contributed by atoms with Gasteiger partial charge in [0.2, 0.25) is 0 Å². The smallest absolute Gasteiger partial charge is 0.315 e. The molecule has 1 rings (SSSR count). The normalized spacial score (nSPS) is 13.8. The first-order valence-electron chi connectivity index (χ1n) is 6.41. The third kappa shape index (κ3) is 5.84. The van der Waals surface area contributed by atoms with E-state index in [9.17, 15) is 4.79 Å². The second-order valence-electron chi connectivity index (χ2n) is 4.26. The summed E-state index contributed by atoms with van der Waals surface area (Å²) >= 11 is 3.31. The zero-order chi connectivity index (χ0) is 14.1. The molecule has 0 spiro atoms. The third-order valence-electron chi connectivity index (χ3n) is 2.78. The van der Waals surface area contributed by atoms with Crippen LogP contribution >= 0.6 is 23.1 Å².